The third kappa shape index (κ3) is 3.03. The highest BCUT2D eigenvalue weighted by atomic mass is 19.1. The number of H-pyrrole nitrogens is 1. The molecule has 1 aromatic carbocycles. The fourth-order valence-corrected chi connectivity index (χ4v) is 4.03. The lowest BCUT2D eigenvalue weighted by atomic mass is 10.1. The van der Waals surface area contributed by atoms with Crippen LogP contribution in [-0.2, 0) is 6.54 Å². The molecule has 2 aliphatic rings. The Morgan fingerprint density at radius 3 is 2.96 bits per heavy atom. The molecule has 1 N–H and O–H groups in total. The summed E-state index contributed by atoms with van der Waals surface area (Å²) in [6, 6.07) is 6.64. The average Bonchev–Trinajstić information content (AvgIpc) is 2.87. The van der Waals surface area contributed by atoms with E-state index in [0.717, 1.165) is 25.3 Å². The van der Waals surface area contributed by atoms with Gasteiger partial charge in [0.2, 0.25) is 0 Å². The Bertz CT molecular complexity index is 772. The first-order valence-electron chi connectivity index (χ1n) is 8.47. The fraction of sp³-hybridized carbons (Fsp3) is 0.500. The summed E-state index contributed by atoms with van der Waals surface area (Å²) in [6.07, 6.45) is 3.76. The van der Waals surface area contributed by atoms with Gasteiger partial charge in [0.05, 0.1) is 0 Å². The van der Waals surface area contributed by atoms with E-state index in [1.165, 1.54) is 44.5 Å². The van der Waals surface area contributed by atoms with Crippen LogP contribution >= 0.6 is 0 Å². The van der Waals surface area contributed by atoms with Gasteiger partial charge in [-0.05, 0) is 57.1 Å². The van der Waals surface area contributed by atoms with Crippen molar-refractivity contribution in [2.24, 2.45) is 0 Å². The zero-order valence-corrected chi connectivity index (χ0v) is 13.2. The monoisotopic (exact) mass is 315 g/mol. The Balaban J connectivity index is 1.57. The second-order valence-corrected chi connectivity index (χ2v) is 6.77. The van der Waals surface area contributed by atoms with Crippen molar-refractivity contribution >= 4 is 10.9 Å². The highest BCUT2D eigenvalue weighted by Crippen LogP contribution is 2.22. The zero-order valence-electron chi connectivity index (χ0n) is 13.2. The Morgan fingerprint density at radius 2 is 2.04 bits per heavy atom. The van der Waals surface area contributed by atoms with Crippen molar-refractivity contribution in [3.05, 3.63) is 46.0 Å². The van der Waals surface area contributed by atoms with Crippen molar-refractivity contribution in [2.75, 3.05) is 26.2 Å². The molecule has 0 radical (unpaired) electrons. The fourth-order valence-electron chi connectivity index (χ4n) is 4.03. The van der Waals surface area contributed by atoms with E-state index in [1.807, 2.05) is 0 Å². The van der Waals surface area contributed by atoms with E-state index in [4.69, 9.17) is 0 Å². The Labute approximate surface area is 134 Å². The van der Waals surface area contributed by atoms with Crippen molar-refractivity contribution in [3.63, 3.8) is 0 Å². The summed E-state index contributed by atoms with van der Waals surface area (Å²) in [7, 11) is 0. The maximum atomic E-state index is 13.3. The molecule has 2 aromatic rings. The quantitative estimate of drug-likeness (QED) is 0.924. The van der Waals surface area contributed by atoms with Crippen LogP contribution in [0.15, 0.2) is 29.1 Å². The third-order valence-corrected chi connectivity index (χ3v) is 5.13. The lowest BCUT2D eigenvalue weighted by molar-refractivity contribution is 0.214. The van der Waals surface area contributed by atoms with Crippen molar-refractivity contribution in [2.45, 2.75) is 31.8 Å². The van der Waals surface area contributed by atoms with E-state index in [0.29, 0.717) is 16.9 Å². The van der Waals surface area contributed by atoms with Crippen LogP contribution in [0.3, 0.4) is 0 Å². The van der Waals surface area contributed by atoms with Crippen LogP contribution in [0.25, 0.3) is 10.9 Å². The molecule has 0 bridgehead atoms. The Kier molecular flexibility index (Phi) is 3.91. The number of aromatic amines is 1. The van der Waals surface area contributed by atoms with Crippen LogP contribution in [0.2, 0.25) is 0 Å². The topological polar surface area (TPSA) is 39.3 Å². The van der Waals surface area contributed by atoms with Gasteiger partial charge in [-0.15, -0.1) is 0 Å². The van der Waals surface area contributed by atoms with E-state index in [-0.39, 0.29) is 11.2 Å². The predicted octanol–water partition coefficient (Wildman–Crippen LogP) is 2.34. The van der Waals surface area contributed by atoms with E-state index in [2.05, 4.69) is 14.8 Å². The van der Waals surface area contributed by atoms with Crippen LogP contribution in [0, 0.1) is 5.82 Å². The Morgan fingerprint density at radius 1 is 1.17 bits per heavy atom. The zero-order chi connectivity index (χ0) is 15.8. The van der Waals surface area contributed by atoms with Crippen LogP contribution in [-0.4, -0.2) is 47.0 Å². The van der Waals surface area contributed by atoms with Crippen LogP contribution in [0.5, 0.6) is 0 Å². The van der Waals surface area contributed by atoms with Gasteiger partial charge in [-0.1, -0.05) is 0 Å². The molecular formula is C18H22FN3O. The molecule has 2 saturated heterocycles. The SMILES string of the molecule is O=c1cc(CN2CCCN3CCCC3C2)[nH]c2ccc(F)cc12. The lowest BCUT2D eigenvalue weighted by Crippen LogP contribution is -2.36. The summed E-state index contributed by atoms with van der Waals surface area (Å²) in [5.74, 6) is -0.371. The van der Waals surface area contributed by atoms with Gasteiger partial charge in [0, 0.05) is 41.8 Å². The predicted molar refractivity (Wildman–Crippen MR) is 89.0 cm³/mol. The molecule has 122 valence electrons. The molecule has 1 unspecified atom stereocenters. The summed E-state index contributed by atoms with van der Waals surface area (Å²) >= 11 is 0. The van der Waals surface area contributed by atoms with E-state index in [9.17, 15) is 9.18 Å². The van der Waals surface area contributed by atoms with Gasteiger partial charge in [0.15, 0.2) is 5.43 Å². The van der Waals surface area contributed by atoms with Crippen molar-refractivity contribution in [3.8, 4) is 0 Å². The van der Waals surface area contributed by atoms with E-state index < -0.39 is 0 Å². The van der Waals surface area contributed by atoms with Gasteiger partial charge in [0.25, 0.3) is 0 Å². The first-order valence-corrected chi connectivity index (χ1v) is 8.47. The maximum Gasteiger partial charge on any atom is 0.189 e. The molecule has 0 aliphatic carbocycles. The largest absolute Gasteiger partial charge is 0.357 e. The summed E-state index contributed by atoms with van der Waals surface area (Å²) in [5, 5.41) is 0.423. The second-order valence-electron chi connectivity index (χ2n) is 6.77. The third-order valence-electron chi connectivity index (χ3n) is 5.13. The van der Waals surface area contributed by atoms with Gasteiger partial charge in [-0.25, -0.2) is 4.39 Å². The molecule has 2 fully saturated rings. The number of benzene rings is 1. The number of rotatable bonds is 2. The minimum absolute atomic E-state index is 0.106. The number of fused-ring (bicyclic) bond motifs is 2. The summed E-state index contributed by atoms with van der Waals surface area (Å²) in [4.78, 5) is 20.6. The number of pyridine rings is 1. The molecule has 5 heteroatoms. The molecule has 1 atom stereocenters. The maximum absolute atomic E-state index is 13.3. The molecule has 0 saturated carbocycles. The number of hydrogen-bond donors (Lipinski definition) is 1. The van der Waals surface area contributed by atoms with E-state index in [1.54, 1.807) is 12.1 Å². The summed E-state index contributed by atoms with van der Waals surface area (Å²) in [6.45, 7) is 5.32. The normalized spacial score (nSPS) is 23.1. The summed E-state index contributed by atoms with van der Waals surface area (Å²) < 4.78 is 13.3. The minimum atomic E-state index is -0.371. The first kappa shape index (κ1) is 14.8. The molecule has 1 aromatic heterocycles. The minimum Gasteiger partial charge on any atom is -0.357 e. The molecule has 0 spiro atoms. The average molecular weight is 315 g/mol. The van der Waals surface area contributed by atoms with Crippen LogP contribution in [0.1, 0.15) is 25.0 Å². The molecule has 4 rings (SSSR count). The molecular weight excluding hydrogens is 293 g/mol. The van der Waals surface area contributed by atoms with Crippen molar-refractivity contribution in [1.29, 1.82) is 0 Å². The highest BCUT2D eigenvalue weighted by Gasteiger charge is 2.28. The highest BCUT2D eigenvalue weighted by molar-refractivity contribution is 5.78. The van der Waals surface area contributed by atoms with Gasteiger partial charge in [-0.2, -0.15) is 0 Å². The van der Waals surface area contributed by atoms with Gasteiger partial charge in [-0.3, -0.25) is 14.6 Å². The lowest BCUT2D eigenvalue weighted by Gasteiger charge is -2.25. The molecule has 23 heavy (non-hydrogen) atoms. The first-order chi connectivity index (χ1) is 11.2. The number of halogens is 1. The summed E-state index contributed by atoms with van der Waals surface area (Å²) in [5.41, 5.74) is 1.53. The molecule has 2 aliphatic heterocycles. The van der Waals surface area contributed by atoms with Gasteiger partial charge < -0.3 is 4.98 Å². The Hall–Kier alpha value is -1.72. The molecule has 3 heterocycles. The van der Waals surface area contributed by atoms with Gasteiger partial charge >= 0.3 is 0 Å². The molecule has 0 amide bonds. The number of aromatic nitrogens is 1. The van der Waals surface area contributed by atoms with Crippen molar-refractivity contribution in [1.82, 2.24) is 14.8 Å². The van der Waals surface area contributed by atoms with E-state index >= 15 is 0 Å². The molecule has 4 nitrogen and oxygen atoms in total. The number of nitrogens with one attached hydrogen (secondary N) is 1. The second kappa shape index (κ2) is 6.06. The standard InChI is InChI=1S/C18H22FN3O/c19-13-4-5-17-16(9-13)18(23)10-14(20-17)11-21-6-2-8-22-7-1-3-15(22)12-21/h4-5,9-10,15H,1-3,6-8,11-12H2,(H,20,23). The van der Waals surface area contributed by atoms with Crippen LogP contribution in [0.4, 0.5) is 4.39 Å². The smallest absolute Gasteiger partial charge is 0.189 e. The number of nitrogens with zero attached hydrogens (tertiary/aromatic N) is 2. The van der Waals surface area contributed by atoms with Crippen molar-refractivity contribution < 1.29 is 4.39 Å². The number of hydrogen-bond acceptors (Lipinski definition) is 3. The van der Waals surface area contributed by atoms with Crippen LogP contribution < -0.4 is 5.43 Å². The van der Waals surface area contributed by atoms with Gasteiger partial charge in [0.1, 0.15) is 5.82 Å².